The van der Waals surface area contributed by atoms with Gasteiger partial charge in [0.2, 0.25) is 0 Å². The summed E-state index contributed by atoms with van der Waals surface area (Å²) in [6.07, 6.45) is 1.19. The fraction of sp³-hybridized carbons (Fsp3) is 0.650. The number of hydrogen-bond acceptors (Lipinski definition) is 5. The van der Waals surface area contributed by atoms with Crippen LogP contribution < -0.4 is 15.4 Å². The van der Waals surface area contributed by atoms with Gasteiger partial charge < -0.3 is 30.0 Å². The second kappa shape index (κ2) is 16.2. The van der Waals surface area contributed by atoms with Crippen LogP contribution in [0.25, 0.3) is 0 Å². The molecule has 1 aliphatic rings. The topological polar surface area (TPSA) is 84.3 Å². The minimum Gasteiger partial charge on any atom is -0.489 e. The van der Waals surface area contributed by atoms with Crippen molar-refractivity contribution in [3.05, 3.63) is 28.2 Å². The lowest BCUT2D eigenvalue weighted by atomic mass is 10.1. The Bertz CT molecular complexity index is 634. The van der Waals surface area contributed by atoms with Gasteiger partial charge in [0, 0.05) is 32.2 Å². The number of aliphatic hydroxyl groups excluding tert-OH is 1. The standard InChI is InChI=1S/C20H31Cl2N3O4.HI/c1-2-23-20(24-8-4-9-27-12-15-7-10-28-13-15)25-11-16(26)14-29-18-6-3-5-17(21)19(18)22;/h3,5-6,15-16,26H,2,4,7-14H2,1H3,(H2,23,24,25);1H. The molecule has 0 bridgehead atoms. The molecule has 7 nitrogen and oxygen atoms in total. The molecule has 0 spiro atoms. The molecule has 1 heterocycles. The predicted octanol–water partition coefficient (Wildman–Crippen LogP) is 3.35. The molecule has 30 heavy (non-hydrogen) atoms. The molecular formula is C20H32Cl2IN3O4. The summed E-state index contributed by atoms with van der Waals surface area (Å²) in [5.74, 6) is 1.63. The predicted molar refractivity (Wildman–Crippen MR) is 132 cm³/mol. The maximum atomic E-state index is 10.1. The molecule has 2 rings (SSSR count). The lowest BCUT2D eigenvalue weighted by molar-refractivity contribution is 0.0888. The minimum atomic E-state index is -0.766. The number of ether oxygens (including phenoxy) is 3. The molecule has 0 aliphatic carbocycles. The first kappa shape index (κ1) is 27.5. The molecule has 0 amide bonds. The molecule has 1 saturated heterocycles. The van der Waals surface area contributed by atoms with Gasteiger partial charge >= 0.3 is 0 Å². The van der Waals surface area contributed by atoms with Gasteiger partial charge in [0.05, 0.1) is 24.8 Å². The van der Waals surface area contributed by atoms with Crippen molar-refractivity contribution in [2.75, 3.05) is 52.7 Å². The summed E-state index contributed by atoms with van der Waals surface area (Å²) >= 11 is 12.0. The Morgan fingerprint density at radius 1 is 1.37 bits per heavy atom. The molecule has 0 radical (unpaired) electrons. The van der Waals surface area contributed by atoms with Crippen molar-refractivity contribution in [2.24, 2.45) is 10.9 Å². The minimum absolute atomic E-state index is 0. The lowest BCUT2D eigenvalue weighted by Gasteiger charge is -2.15. The Labute approximate surface area is 205 Å². The van der Waals surface area contributed by atoms with Crippen LogP contribution in [0.5, 0.6) is 5.75 Å². The Balaban J connectivity index is 0.00000450. The number of rotatable bonds is 12. The quantitative estimate of drug-likeness (QED) is 0.153. The number of aliphatic imine (C=N–C) groups is 1. The van der Waals surface area contributed by atoms with Gasteiger partial charge in [-0.3, -0.25) is 4.99 Å². The summed E-state index contributed by atoms with van der Waals surface area (Å²) in [5.41, 5.74) is 0. The third-order valence-electron chi connectivity index (χ3n) is 4.29. The molecule has 1 aromatic carbocycles. The highest BCUT2D eigenvalue weighted by Crippen LogP contribution is 2.31. The van der Waals surface area contributed by atoms with E-state index in [0.29, 0.717) is 34.3 Å². The summed E-state index contributed by atoms with van der Waals surface area (Å²) in [5, 5.41) is 17.3. The zero-order chi connectivity index (χ0) is 20.9. The van der Waals surface area contributed by atoms with Crippen LogP contribution in [-0.4, -0.2) is 69.8 Å². The van der Waals surface area contributed by atoms with Gasteiger partial charge in [-0.25, -0.2) is 0 Å². The van der Waals surface area contributed by atoms with Gasteiger partial charge in [-0.05, 0) is 31.9 Å². The molecule has 172 valence electrons. The van der Waals surface area contributed by atoms with E-state index in [1.807, 2.05) is 6.92 Å². The van der Waals surface area contributed by atoms with Crippen LogP contribution in [0.15, 0.2) is 23.2 Å². The van der Waals surface area contributed by atoms with Gasteiger partial charge in [0.1, 0.15) is 23.5 Å². The molecule has 1 aliphatic heterocycles. The smallest absolute Gasteiger partial charge is 0.191 e. The zero-order valence-electron chi connectivity index (χ0n) is 17.2. The monoisotopic (exact) mass is 575 g/mol. The fourth-order valence-electron chi connectivity index (χ4n) is 2.72. The van der Waals surface area contributed by atoms with Crippen LogP contribution in [0.3, 0.4) is 0 Å². The summed E-state index contributed by atoms with van der Waals surface area (Å²) in [4.78, 5) is 4.39. The Morgan fingerprint density at radius 2 is 2.20 bits per heavy atom. The van der Waals surface area contributed by atoms with Crippen LogP contribution in [-0.2, 0) is 9.47 Å². The van der Waals surface area contributed by atoms with E-state index >= 15 is 0 Å². The molecule has 1 fully saturated rings. The third kappa shape index (κ3) is 10.7. The van der Waals surface area contributed by atoms with E-state index in [4.69, 9.17) is 37.4 Å². The normalized spacial score (nSPS) is 17.3. The highest BCUT2D eigenvalue weighted by atomic mass is 127. The van der Waals surface area contributed by atoms with E-state index in [1.54, 1.807) is 18.2 Å². The van der Waals surface area contributed by atoms with Crippen LogP contribution in [0.4, 0.5) is 0 Å². The number of nitrogens with zero attached hydrogens (tertiary/aromatic N) is 1. The van der Waals surface area contributed by atoms with Crippen LogP contribution >= 0.6 is 47.2 Å². The van der Waals surface area contributed by atoms with E-state index in [-0.39, 0.29) is 37.1 Å². The Hall–Kier alpha value is -0.520. The number of hydrogen-bond donors (Lipinski definition) is 3. The summed E-state index contributed by atoms with van der Waals surface area (Å²) in [7, 11) is 0. The molecule has 2 atom stereocenters. The van der Waals surface area contributed by atoms with Crippen molar-refractivity contribution in [2.45, 2.75) is 25.9 Å². The number of nitrogens with one attached hydrogen (secondary N) is 2. The molecule has 1 aromatic rings. The average Bonchev–Trinajstić information content (AvgIpc) is 3.23. The molecular weight excluding hydrogens is 544 g/mol. The molecule has 10 heteroatoms. The van der Waals surface area contributed by atoms with Gasteiger partial charge in [-0.2, -0.15) is 0 Å². The molecule has 0 aromatic heterocycles. The van der Waals surface area contributed by atoms with Crippen molar-refractivity contribution in [1.29, 1.82) is 0 Å². The summed E-state index contributed by atoms with van der Waals surface area (Å²) < 4.78 is 16.6. The van der Waals surface area contributed by atoms with E-state index in [9.17, 15) is 5.11 Å². The first-order chi connectivity index (χ1) is 14.1. The largest absolute Gasteiger partial charge is 0.489 e. The van der Waals surface area contributed by atoms with Crippen LogP contribution in [0.1, 0.15) is 19.8 Å². The van der Waals surface area contributed by atoms with E-state index in [2.05, 4.69) is 15.6 Å². The first-order valence-electron chi connectivity index (χ1n) is 10.0. The number of halogens is 3. The number of aliphatic hydroxyl groups is 1. The maximum absolute atomic E-state index is 10.1. The zero-order valence-corrected chi connectivity index (χ0v) is 21.1. The van der Waals surface area contributed by atoms with Crippen LogP contribution in [0, 0.1) is 5.92 Å². The number of benzene rings is 1. The first-order valence-corrected chi connectivity index (χ1v) is 10.8. The Morgan fingerprint density at radius 3 is 2.93 bits per heavy atom. The number of guanidine groups is 1. The highest BCUT2D eigenvalue weighted by Gasteiger charge is 2.15. The maximum Gasteiger partial charge on any atom is 0.191 e. The van der Waals surface area contributed by atoms with Gasteiger partial charge in [-0.15, -0.1) is 24.0 Å². The lowest BCUT2D eigenvalue weighted by Crippen LogP contribution is -2.39. The summed E-state index contributed by atoms with van der Waals surface area (Å²) in [6.45, 7) is 6.84. The van der Waals surface area contributed by atoms with E-state index in [1.165, 1.54) is 0 Å². The fourth-order valence-corrected chi connectivity index (χ4v) is 3.06. The highest BCUT2D eigenvalue weighted by molar-refractivity contribution is 14.0. The third-order valence-corrected chi connectivity index (χ3v) is 5.09. The van der Waals surface area contributed by atoms with Crippen molar-refractivity contribution in [3.8, 4) is 5.75 Å². The second-order valence-corrected chi connectivity index (χ2v) is 7.61. The van der Waals surface area contributed by atoms with E-state index in [0.717, 1.165) is 45.8 Å². The Kier molecular flexibility index (Phi) is 14.8. The second-order valence-electron chi connectivity index (χ2n) is 6.82. The SMILES string of the molecule is CCNC(=NCC(O)COc1cccc(Cl)c1Cl)NCCCOCC1CCOC1.I. The van der Waals surface area contributed by atoms with Crippen LogP contribution in [0.2, 0.25) is 10.0 Å². The molecule has 2 unspecified atom stereocenters. The van der Waals surface area contributed by atoms with Gasteiger partial charge in [0.25, 0.3) is 0 Å². The van der Waals surface area contributed by atoms with Crippen molar-refractivity contribution in [1.82, 2.24) is 10.6 Å². The van der Waals surface area contributed by atoms with Gasteiger partial charge in [-0.1, -0.05) is 29.3 Å². The van der Waals surface area contributed by atoms with Crippen molar-refractivity contribution in [3.63, 3.8) is 0 Å². The molecule has 0 saturated carbocycles. The average molecular weight is 576 g/mol. The van der Waals surface area contributed by atoms with Gasteiger partial charge in [0.15, 0.2) is 5.96 Å². The van der Waals surface area contributed by atoms with Crippen molar-refractivity contribution >= 4 is 53.1 Å². The molecule has 3 N–H and O–H groups in total. The van der Waals surface area contributed by atoms with Crippen molar-refractivity contribution < 1.29 is 19.3 Å². The summed E-state index contributed by atoms with van der Waals surface area (Å²) in [6, 6.07) is 5.13. The van der Waals surface area contributed by atoms with E-state index < -0.39 is 6.10 Å².